The van der Waals surface area contributed by atoms with Crippen molar-refractivity contribution in [3.05, 3.63) is 65.6 Å². The third-order valence-electron chi connectivity index (χ3n) is 6.00. The van der Waals surface area contributed by atoms with Gasteiger partial charge in [-0.05, 0) is 55.7 Å². The second-order valence-electron chi connectivity index (χ2n) is 8.07. The predicted octanol–water partition coefficient (Wildman–Crippen LogP) is 3.31. The van der Waals surface area contributed by atoms with E-state index in [1.807, 2.05) is 40.6 Å². The number of ether oxygens (including phenoxy) is 1. The number of carbonyl (C=O) groups is 1. The van der Waals surface area contributed by atoms with Crippen LogP contribution in [0.5, 0.6) is 5.75 Å². The van der Waals surface area contributed by atoms with Gasteiger partial charge in [0.2, 0.25) is 5.91 Å². The van der Waals surface area contributed by atoms with Gasteiger partial charge in [-0.2, -0.15) is 5.10 Å². The monoisotopic (exact) mass is 429 g/mol. The molecule has 2 atom stereocenters. The number of hydrogen-bond acceptors (Lipinski definition) is 5. The SMILES string of the molecule is C=CC(=O)N1CC(c2cc(C#Cc3cc(C)cc(OC)c3)c3c(N)ncnn23)C[C@@H]1CC. The zero-order valence-corrected chi connectivity index (χ0v) is 18.6. The molecule has 0 radical (unpaired) electrons. The van der Waals surface area contributed by atoms with Crippen molar-refractivity contribution in [2.24, 2.45) is 0 Å². The first-order chi connectivity index (χ1) is 15.4. The topological polar surface area (TPSA) is 85.8 Å². The molecule has 0 aliphatic carbocycles. The molecule has 1 aliphatic heterocycles. The lowest BCUT2D eigenvalue weighted by atomic mass is 10.0. The maximum absolute atomic E-state index is 12.3. The molecule has 2 aromatic heterocycles. The van der Waals surface area contributed by atoms with Gasteiger partial charge in [0.1, 0.15) is 17.6 Å². The molecule has 1 fully saturated rings. The highest BCUT2D eigenvalue weighted by atomic mass is 16.5. The van der Waals surface area contributed by atoms with Crippen molar-refractivity contribution in [3.63, 3.8) is 0 Å². The molecule has 1 aromatic carbocycles. The summed E-state index contributed by atoms with van der Waals surface area (Å²) in [6.07, 6.45) is 4.58. The van der Waals surface area contributed by atoms with Crippen LogP contribution in [0.1, 0.15) is 48.1 Å². The molecule has 7 heteroatoms. The standard InChI is InChI=1S/C25H27N5O2/c1-5-20-12-19(14-29(20)23(31)6-2)22-13-18(24-25(26)27-15-28-30(22)24)8-7-17-9-16(3)10-21(11-17)32-4/h6,9-11,13,15,19-20H,2,5,12,14H2,1,3-4H3,(H2,26,27,28)/t19?,20-/m0/s1. The quantitative estimate of drug-likeness (QED) is 0.508. The Morgan fingerprint density at radius 2 is 2.16 bits per heavy atom. The summed E-state index contributed by atoms with van der Waals surface area (Å²) in [5.41, 5.74) is 10.6. The van der Waals surface area contributed by atoms with Crippen molar-refractivity contribution in [2.75, 3.05) is 19.4 Å². The van der Waals surface area contributed by atoms with Gasteiger partial charge in [0.05, 0.1) is 12.7 Å². The molecule has 1 saturated heterocycles. The summed E-state index contributed by atoms with van der Waals surface area (Å²) in [7, 11) is 1.64. The van der Waals surface area contributed by atoms with Gasteiger partial charge in [-0.3, -0.25) is 4.79 Å². The van der Waals surface area contributed by atoms with Crippen LogP contribution < -0.4 is 10.5 Å². The molecule has 3 aromatic rings. The van der Waals surface area contributed by atoms with E-state index in [4.69, 9.17) is 10.5 Å². The Labute approximate surface area is 187 Å². The van der Waals surface area contributed by atoms with E-state index in [0.717, 1.165) is 41.0 Å². The highest BCUT2D eigenvalue weighted by Crippen LogP contribution is 2.35. The van der Waals surface area contributed by atoms with E-state index in [0.29, 0.717) is 17.9 Å². The number of amides is 1. The van der Waals surface area contributed by atoms with Crippen LogP contribution >= 0.6 is 0 Å². The number of benzene rings is 1. The number of aromatic nitrogens is 3. The molecule has 32 heavy (non-hydrogen) atoms. The fraction of sp³-hybridized carbons (Fsp3) is 0.320. The summed E-state index contributed by atoms with van der Waals surface area (Å²) in [6, 6.07) is 8.07. The van der Waals surface area contributed by atoms with Gasteiger partial charge in [0.25, 0.3) is 0 Å². The smallest absolute Gasteiger partial charge is 0.246 e. The molecule has 4 rings (SSSR count). The fourth-order valence-corrected chi connectivity index (χ4v) is 4.46. The van der Waals surface area contributed by atoms with Gasteiger partial charge < -0.3 is 15.4 Å². The molecule has 0 saturated carbocycles. The summed E-state index contributed by atoms with van der Waals surface area (Å²) in [4.78, 5) is 18.4. The summed E-state index contributed by atoms with van der Waals surface area (Å²) in [5, 5.41) is 4.46. The highest BCUT2D eigenvalue weighted by molar-refractivity contribution is 5.87. The number of carbonyl (C=O) groups excluding carboxylic acids is 1. The largest absolute Gasteiger partial charge is 0.497 e. The van der Waals surface area contributed by atoms with E-state index in [-0.39, 0.29) is 17.9 Å². The molecule has 0 bridgehead atoms. The maximum atomic E-state index is 12.3. The van der Waals surface area contributed by atoms with Crippen LogP contribution in [0.2, 0.25) is 0 Å². The minimum atomic E-state index is -0.0391. The zero-order valence-electron chi connectivity index (χ0n) is 18.6. The van der Waals surface area contributed by atoms with Crippen LogP contribution in [0.3, 0.4) is 0 Å². The first kappa shape index (κ1) is 21.4. The second-order valence-corrected chi connectivity index (χ2v) is 8.07. The number of methoxy groups -OCH3 is 1. The summed E-state index contributed by atoms with van der Waals surface area (Å²) < 4.78 is 7.18. The van der Waals surface area contributed by atoms with Crippen LogP contribution in [0.25, 0.3) is 5.52 Å². The molecule has 7 nitrogen and oxygen atoms in total. The maximum Gasteiger partial charge on any atom is 0.246 e. The molecular weight excluding hydrogens is 402 g/mol. The van der Waals surface area contributed by atoms with E-state index >= 15 is 0 Å². The van der Waals surface area contributed by atoms with E-state index in [2.05, 4.69) is 35.4 Å². The second kappa shape index (κ2) is 8.75. The third kappa shape index (κ3) is 3.92. The molecule has 3 heterocycles. The Morgan fingerprint density at radius 1 is 1.34 bits per heavy atom. The average Bonchev–Trinajstić information content (AvgIpc) is 3.39. The van der Waals surface area contributed by atoms with Crippen LogP contribution in [-0.4, -0.2) is 45.1 Å². The summed E-state index contributed by atoms with van der Waals surface area (Å²) in [5.74, 6) is 7.71. The van der Waals surface area contributed by atoms with E-state index in [9.17, 15) is 4.79 Å². The molecule has 0 spiro atoms. The normalized spacial score (nSPS) is 17.8. The van der Waals surface area contributed by atoms with Crippen molar-refractivity contribution in [1.29, 1.82) is 0 Å². The number of aryl methyl sites for hydroxylation is 1. The van der Waals surface area contributed by atoms with E-state index in [1.165, 1.54) is 12.4 Å². The molecule has 1 amide bonds. The Kier molecular flexibility index (Phi) is 5.87. The van der Waals surface area contributed by atoms with Crippen LogP contribution in [0, 0.1) is 18.8 Å². The Balaban J connectivity index is 1.77. The minimum Gasteiger partial charge on any atom is -0.497 e. The van der Waals surface area contributed by atoms with Crippen molar-refractivity contribution in [1.82, 2.24) is 19.5 Å². The number of rotatable bonds is 4. The lowest BCUT2D eigenvalue weighted by Gasteiger charge is -2.21. The Bertz CT molecular complexity index is 1250. The number of nitrogen functional groups attached to an aromatic ring is 1. The first-order valence-corrected chi connectivity index (χ1v) is 10.7. The number of hydrogen-bond donors (Lipinski definition) is 1. The Morgan fingerprint density at radius 3 is 2.88 bits per heavy atom. The number of fused-ring (bicyclic) bond motifs is 1. The Hall–Kier alpha value is -3.79. The summed E-state index contributed by atoms with van der Waals surface area (Å²) >= 11 is 0. The fourth-order valence-electron chi connectivity index (χ4n) is 4.46. The van der Waals surface area contributed by atoms with Crippen molar-refractivity contribution >= 4 is 17.2 Å². The van der Waals surface area contributed by atoms with Gasteiger partial charge in [-0.25, -0.2) is 9.50 Å². The lowest BCUT2D eigenvalue weighted by molar-refractivity contribution is -0.126. The molecule has 164 valence electrons. The van der Waals surface area contributed by atoms with Crippen molar-refractivity contribution in [2.45, 2.75) is 38.6 Å². The van der Waals surface area contributed by atoms with Crippen molar-refractivity contribution < 1.29 is 9.53 Å². The lowest BCUT2D eigenvalue weighted by Crippen LogP contribution is -2.33. The van der Waals surface area contributed by atoms with E-state index < -0.39 is 0 Å². The van der Waals surface area contributed by atoms with Crippen LogP contribution in [0.15, 0.2) is 43.2 Å². The van der Waals surface area contributed by atoms with Gasteiger partial charge in [0.15, 0.2) is 5.82 Å². The number of nitrogens with zero attached hydrogens (tertiary/aromatic N) is 4. The van der Waals surface area contributed by atoms with Gasteiger partial charge in [-0.15, -0.1) is 0 Å². The first-order valence-electron chi connectivity index (χ1n) is 10.7. The van der Waals surface area contributed by atoms with E-state index in [1.54, 1.807) is 7.11 Å². The minimum absolute atomic E-state index is 0.0391. The number of likely N-dealkylation sites (tertiary alicyclic amines) is 1. The third-order valence-corrected chi connectivity index (χ3v) is 6.00. The van der Waals surface area contributed by atoms with Crippen LogP contribution in [0.4, 0.5) is 5.82 Å². The molecule has 1 aliphatic rings. The van der Waals surface area contributed by atoms with Gasteiger partial charge in [-0.1, -0.05) is 25.3 Å². The van der Waals surface area contributed by atoms with Crippen molar-refractivity contribution in [3.8, 4) is 17.6 Å². The van der Waals surface area contributed by atoms with Gasteiger partial charge in [0, 0.05) is 29.8 Å². The molecule has 2 N–H and O–H groups in total. The zero-order chi connectivity index (χ0) is 22.8. The molecule has 1 unspecified atom stereocenters. The number of anilines is 1. The molecular formula is C25H27N5O2. The summed E-state index contributed by atoms with van der Waals surface area (Å²) in [6.45, 7) is 8.36. The predicted molar refractivity (Wildman–Crippen MR) is 124 cm³/mol. The van der Waals surface area contributed by atoms with Gasteiger partial charge >= 0.3 is 0 Å². The van der Waals surface area contributed by atoms with Crippen LogP contribution in [-0.2, 0) is 4.79 Å². The average molecular weight is 430 g/mol. The number of nitrogens with two attached hydrogens (primary N) is 1. The highest BCUT2D eigenvalue weighted by Gasteiger charge is 2.35.